The lowest BCUT2D eigenvalue weighted by Crippen LogP contribution is -2.22. The molecule has 0 fully saturated rings. The molecule has 0 unspecified atom stereocenters. The summed E-state index contributed by atoms with van der Waals surface area (Å²) in [6.07, 6.45) is 1.81. The number of thioether (sulfide) groups is 1. The molecule has 1 amide bonds. The second kappa shape index (κ2) is 8.38. The number of allylic oxidation sites excluding steroid dienone is 1. The van der Waals surface area contributed by atoms with Crippen LogP contribution < -0.4 is 10.1 Å². The molecule has 1 N–H and O–H groups in total. The van der Waals surface area contributed by atoms with Gasteiger partial charge in [0.1, 0.15) is 5.75 Å². The van der Waals surface area contributed by atoms with Gasteiger partial charge in [-0.1, -0.05) is 17.8 Å². The number of hydrogen-bond donors (Lipinski definition) is 1. The number of benzene rings is 1. The second-order valence-electron chi connectivity index (χ2n) is 4.77. The average Bonchev–Trinajstić information content (AvgIpc) is 2.95. The van der Waals surface area contributed by atoms with Gasteiger partial charge >= 0.3 is 0 Å². The summed E-state index contributed by atoms with van der Waals surface area (Å²) >= 11 is 1.55. The standard InChI is InChI=1S/C16H20N4O2S/c1-4-10-20-15(13-5-7-14(22-3)8-6-13)18-19-16(20)23-11-9-17-12(2)21/h4-8H,1,9-11H2,2-3H3,(H,17,21). The van der Waals surface area contributed by atoms with E-state index in [0.717, 1.165) is 28.0 Å². The van der Waals surface area contributed by atoms with E-state index < -0.39 is 0 Å². The van der Waals surface area contributed by atoms with Gasteiger partial charge in [-0.15, -0.1) is 16.8 Å². The highest BCUT2D eigenvalue weighted by Crippen LogP contribution is 2.25. The molecule has 0 saturated heterocycles. The van der Waals surface area contributed by atoms with E-state index in [1.165, 1.54) is 6.92 Å². The Hall–Kier alpha value is -2.28. The van der Waals surface area contributed by atoms with E-state index in [2.05, 4.69) is 22.1 Å². The van der Waals surface area contributed by atoms with Crippen molar-refractivity contribution in [3.05, 3.63) is 36.9 Å². The zero-order valence-electron chi connectivity index (χ0n) is 13.3. The maximum absolute atomic E-state index is 10.9. The number of ether oxygens (including phenoxy) is 1. The van der Waals surface area contributed by atoms with Gasteiger partial charge in [0.25, 0.3) is 0 Å². The number of carbonyl (C=O) groups is 1. The van der Waals surface area contributed by atoms with E-state index in [1.807, 2.05) is 34.9 Å². The Balaban J connectivity index is 2.16. The molecule has 0 aliphatic heterocycles. The first-order valence-corrected chi connectivity index (χ1v) is 8.20. The number of hydrogen-bond acceptors (Lipinski definition) is 5. The van der Waals surface area contributed by atoms with E-state index >= 15 is 0 Å². The van der Waals surface area contributed by atoms with Crippen molar-refractivity contribution in [2.45, 2.75) is 18.6 Å². The van der Waals surface area contributed by atoms with Crippen LogP contribution in [0.2, 0.25) is 0 Å². The monoisotopic (exact) mass is 332 g/mol. The summed E-state index contributed by atoms with van der Waals surface area (Å²) < 4.78 is 7.18. The van der Waals surface area contributed by atoms with Crippen LogP contribution in [0.25, 0.3) is 11.4 Å². The van der Waals surface area contributed by atoms with Crippen LogP contribution in [0, 0.1) is 0 Å². The van der Waals surface area contributed by atoms with Crippen molar-refractivity contribution in [1.82, 2.24) is 20.1 Å². The van der Waals surface area contributed by atoms with Crippen molar-refractivity contribution in [2.75, 3.05) is 19.4 Å². The van der Waals surface area contributed by atoms with Gasteiger partial charge in [-0.25, -0.2) is 0 Å². The molecule has 7 heteroatoms. The number of nitrogens with zero attached hydrogens (tertiary/aromatic N) is 3. The fourth-order valence-electron chi connectivity index (χ4n) is 2.01. The van der Waals surface area contributed by atoms with Crippen LogP contribution >= 0.6 is 11.8 Å². The lowest BCUT2D eigenvalue weighted by Gasteiger charge is -2.08. The van der Waals surface area contributed by atoms with Crippen LogP contribution in [0.15, 0.2) is 42.1 Å². The van der Waals surface area contributed by atoms with Crippen LogP contribution in [0.5, 0.6) is 5.75 Å². The third-order valence-electron chi connectivity index (χ3n) is 3.08. The predicted octanol–water partition coefficient (Wildman–Crippen LogP) is 2.37. The number of methoxy groups -OCH3 is 1. The van der Waals surface area contributed by atoms with E-state index in [4.69, 9.17) is 4.74 Å². The summed E-state index contributed by atoms with van der Waals surface area (Å²) in [6.45, 7) is 6.52. The summed E-state index contributed by atoms with van der Waals surface area (Å²) in [6, 6.07) is 7.69. The first-order valence-electron chi connectivity index (χ1n) is 7.21. The van der Waals surface area contributed by atoms with Crippen molar-refractivity contribution >= 4 is 17.7 Å². The lowest BCUT2D eigenvalue weighted by molar-refractivity contribution is -0.118. The third-order valence-corrected chi connectivity index (χ3v) is 4.05. The number of carbonyl (C=O) groups excluding carboxylic acids is 1. The van der Waals surface area contributed by atoms with Gasteiger partial charge in [-0.2, -0.15) is 0 Å². The van der Waals surface area contributed by atoms with Crippen LogP contribution in [0.3, 0.4) is 0 Å². The first-order chi connectivity index (χ1) is 11.2. The molecule has 6 nitrogen and oxygen atoms in total. The Morgan fingerprint density at radius 1 is 1.39 bits per heavy atom. The molecule has 0 radical (unpaired) electrons. The zero-order chi connectivity index (χ0) is 16.7. The fourth-order valence-corrected chi connectivity index (χ4v) is 2.81. The molecule has 2 aromatic rings. The normalized spacial score (nSPS) is 10.3. The van der Waals surface area contributed by atoms with E-state index in [-0.39, 0.29) is 5.91 Å². The third kappa shape index (κ3) is 4.59. The number of rotatable bonds is 8. The summed E-state index contributed by atoms with van der Waals surface area (Å²) in [5.74, 6) is 2.29. The molecule has 1 aromatic heterocycles. The topological polar surface area (TPSA) is 69.0 Å². The Kier molecular flexibility index (Phi) is 6.22. The van der Waals surface area contributed by atoms with Crippen molar-refractivity contribution in [3.63, 3.8) is 0 Å². The maximum atomic E-state index is 10.9. The molecule has 0 saturated carbocycles. The van der Waals surface area contributed by atoms with Gasteiger partial charge in [0.2, 0.25) is 5.91 Å². The smallest absolute Gasteiger partial charge is 0.216 e. The Morgan fingerprint density at radius 3 is 2.74 bits per heavy atom. The maximum Gasteiger partial charge on any atom is 0.216 e. The van der Waals surface area contributed by atoms with E-state index in [9.17, 15) is 4.79 Å². The molecule has 23 heavy (non-hydrogen) atoms. The Bertz CT molecular complexity index is 667. The fraction of sp³-hybridized carbons (Fsp3) is 0.312. The van der Waals surface area contributed by atoms with Crippen molar-refractivity contribution in [2.24, 2.45) is 0 Å². The van der Waals surface area contributed by atoms with Crippen molar-refractivity contribution < 1.29 is 9.53 Å². The SMILES string of the molecule is C=CCn1c(SCCNC(C)=O)nnc1-c1ccc(OC)cc1. The van der Waals surface area contributed by atoms with Gasteiger partial charge in [-0.3, -0.25) is 9.36 Å². The van der Waals surface area contributed by atoms with Crippen LogP contribution in [0.1, 0.15) is 6.92 Å². The minimum Gasteiger partial charge on any atom is -0.497 e. The lowest BCUT2D eigenvalue weighted by atomic mass is 10.2. The molecule has 0 atom stereocenters. The van der Waals surface area contributed by atoms with Gasteiger partial charge in [0.15, 0.2) is 11.0 Å². The van der Waals surface area contributed by atoms with E-state index in [1.54, 1.807) is 18.9 Å². The molecule has 0 aliphatic carbocycles. The number of nitrogens with one attached hydrogen (secondary N) is 1. The minimum atomic E-state index is -0.0305. The zero-order valence-corrected chi connectivity index (χ0v) is 14.1. The Morgan fingerprint density at radius 2 is 2.13 bits per heavy atom. The van der Waals surface area contributed by atoms with Crippen LogP contribution in [-0.4, -0.2) is 40.1 Å². The second-order valence-corrected chi connectivity index (χ2v) is 5.83. The molecule has 0 bridgehead atoms. The van der Waals surface area contributed by atoms with Crippen LogP contribution in [0.4, 0.5) is 0 Å². The number of aromatic nitrogens is 3. The summed E-state index contributed by atoms with van der Waals surface area (Å²) in [4.78, 5) is 10.9. The average molecular weight is 332 g/mol. The van der Waals surface area contributed by atoms with Gasteiger partial charge in [0, 0.05) is 31.3 Å². The highest BCUT2D eigenvalue weighted by Gasteiger charge is 2.13. The quantitative estimate of drug-likeness (QED) is 0.457. The van der Waals surface area contributed by atoms with E-state index in [0.29, 0.717) is 13.1 Å². The summed E-state index contributed by atoms with van der Waals surface area (Å²) in [5.41, 5.74) is 0.967. The predicted molar refractivity (Wildman–Crippen MR) is 91.6 cm³/mol. The van der Waals surface area contributed by atoms with Gasteiger partial charge in [0.05, 0.1) is 7.11 Å². The highest BCUT2D eigenvalue weighted by molar-refractivity contribution is 7.99. The molecule has 0 spiro atoms. The molecule has 1 heterocycles. The highest BCUT2D eigenvalue weighted by atomic mass is 32.2. The molecule has 122 valence electrons. The largest absolute Gasteiger partial charge is 0.497 e. The molecule has 1 aromatic carbocycles. The molecular formula is C16H20N4O2S. The number of amides is 1. The minimum absolute atomic E-state index is 0.0305. The molecule has 2 rings (SSSR count). The summed E-state index contributed by atoms with van der Waals surface area (Å²) in [5, 5.41) is 12.1. The molecular weight excluding hydrogens is 312 g/mol. The first kappa shape index (κ1) is 17.1. The van der Waals surface area contributed by atoms with Crippen molar-refractivity contribution in [1.29, 1.82) is 0 Å². The van der Waals surface area contributed by atoms with Crippen molar-refractivity contribution in [3.8, 4) is 17.1 Å². The Labute approximate surface area is 139 Å². The van der Waals surface area contributed by atoms with Gasteiger partial charge in [-0.05, 0) is 24.3 Å². The molecule has 0 aliphatic rings. The summed E-state index contributed by atoms with van der Waals surface area (Å²) in [7, 11) is 1.64. The van der Waals surface area contributed by atoms with Crippen LogP contribution in [-0.2, 0) is 11.3 Å². The van der Waals surface area contributed by atoms with Gasteiger partial charge < -0.3 is 10.1 Å².